The van der Waals surface area contributed by atoms with Crippen molar-refractivity contribution in [1.82, 2.24) is 34.8 Å². The van der Waals surface area contributed by atoms with Crippen molar-refractivity contribution in [2.24, 2.45) is 13.0 Å². The van der Waals surface area contributed by atoms with Crippen molar-refractivity contribution in [2.45, 2.75) is 101 Å². The van der Waals surface area contributed by atoms with Crippen LogP contribution in [0.4, 0.5) is 37.7 Å². The Bertz CT molecular complexity index is 2330. The Labute approximate surface area is 370 Å². The van der Waals surface area contributed by atoms with Gasteiger partial charge in [0.2, 0.25) is 17.7 Å². The zero-order chi connectivity index (χ0) is 44.9. The van der Waals surface area contributed by atoms with Crippen molar-refractivity contribution >= 4 is 75.6 Å². The number of carbonyl (C=O) groups excluding carboxylic acids is 4. The Balaban J connectivity index is 0.00000661. The SMILES string of the molecule is Cl.Cn1nc(C2CCC(=O)NC2=O)c2cccc(NC(=O)CN3CCN(CCCC4CCC(N5C(=S)N(c6cnc(C#N)c(C(F)(F)F)c6)C(=O)C5(C)C)CC4)C[C@@H]3C(F)(F)F)c21. The Hall–Kier alpha value is -4.91. The number of aryl methyl sites for hydroxylation is 1. The van der Waals surface area contributed by atoms with Gasteiger partial charge in [0, 0.05) is 44.5 Å². The molecular weight excluding hydrogens is 878 g/mol. The van der Waals surface area contributed by atoms with Gasteiger partial charge in [-0.2, -0.15) is 36.7 Å². The van der Waals surface area contributed by atoms with Gasteiger partial charge in [-0.1, -0.05) is 12.1 Å². The molecule has 0 bridgehead atoms. The number of nitriles is 1. The normalized spacial score (nSPS) is 23.7. The second-order valence-corrected chi connectivity index (χ2v) is 17.3. The third-order valence-corrected chi connectivity index (χ3v) is 13.0. The number of nitrogens with one attached hydrogen (secondary N) is 2. The molecule has 63 heavy (non-hydrogen) atoms. The maximum absolute atomic E-state index is 14.5. The van der Waals surface area contributed by atoms with Crippen LogP contribution in [-0.2, 0) is 32.4 Å². The van der Waals surface area contributed by atoms with E-state index in [0.717, 1.165) is 41.3 Å². The number of alkyl halides is 6. The molecule has 3 aromatic rings. The Morgan fingerprint density at radius 1 is 1.06 bits per heavy atom. The summed E-state index contributed by atoms with van der Waals surface area (Å²) in [6.45, 7) is 3.35. The highest BCUT2D eigenvalue weighted by Gasteiger charge is 2.53. The van der Waals surface area contributed by atoms with Gasteiger partial charge in [-0.3, -0.25) is 39.0 Å². The van der Waals surface area contributed by atoms with E-state index >= 15 is 0 Å². The highest BCUT2D eigenvalue weighted by Crippen LogP contribution is 2.42. The Morgan fingerprint density at radius 2 is 1.78 bits per heavy atom. The molecule has 5 heterocycles. The fourth-order valence-electron chi connectivity index (χ4n) is 9.46. The van der Waals surface area contributed by atoms with Gasteiger partial charge >= 0.3 is 12.4 Å². The number of anilines is 2. The molecular formula is C41H47ClF6N10O4S. The fourth-order valence-corrected chi connectivity index (χ4v) is 10.0. The van der Waals surface area contributed by atoms with E-state index in [0.29, 0.717) is 54.6 Å². The van der Waals surface area contributed by atoms with Crippen LogP contribution in [0.5, 0.6) is 0 Å². The summed E-state index contributed by atoms with van der Waals surface area (Å²) in [5, 5.41) is 19.4. The summed E-state index contributed by atoms with van der Waals surface area (Å²) in [7, 11) is 1.64. The summed E-state index contributed by atoms with van der Waals surface area (Å²) in [6, 6.07) is 5.15. The molecule has 2 aromatic heterocycles. The molecule has 4 aliphatic rings. The number of fused-ring (bicyclic) bond motifs is 1. The van der Waals surface area contributed by atoms with Crippen LogP contribution in [0.3, 0.4) is 0 Å². The fraction of sp³-hybridized carbons (Fsp3) is 0.561. The van der Waals surface area contributed by atoms with Crippen LogP contribution in [0, 0.1) is 17.2 Å². The van der Waals surface area contributed by atoms with Gasteiger partial charge in [0.1, 0.15) is 17.6 Å². The Kier molecular flexibility index (Phi) is 13.8. The first-order valence-corrected chi connectivity index (χ1v) is 20.9. The van der Waals surface area contributed by atoms with Crippen LogP contribution in [-0.4, -0.2) is 115 Å². The molecule has 3 aliphatic heterocycles. The first-order chi connectivity index (χ1) is 29.2. The standard InChI is InChI=1S/C41H46F6N10O4S.ClH/c1-39(2)37(61)56(25-18-28(40(42,43)44)30(19-48)49-20-25)38(62)57(39)24-11-9-23(10-12-24)6-5-15-54-16-17-55(31(21-54)41(45,46)47)22-33(59)50-29-8-4-7-26-34(52-53(3)35(26)29)27-13-14-32(58)51-36(27)60;/h4,7-8,18,20,23-24,27,31H,5-6,9-17,21-22H2,1-3H3,(H,50,59)(H,51,58,60);1H/t23?,24?,27?,31-;/m1./s1. The molecule has 340 valence electrons. The van der Waals surface area contributed by atoms with E-state index in [2.05, 4.69) is 20.7 Å². The number of hydrogen-bond donors (Lipinski definition) is 2. The summed E-state index contributed by atoms with van der Waals surface area (Å²) >= 11 is 5.69. The number of imide groups is 1. The minimum absolute atomic E-state index is 0. The number of aromatic nitrogens is 3. The van der Waals surface area contributed by atoms with E-state index in [1.807, 2.05) is 0 Å². The molecule has 1 aromatic carbocycles. The number of halogens is 7. The summed E-state index contributed by atoms with van der Waals surface area (Å²) in [4.78, 5) is 60.6. The average molecular weight is 925 g/mol. The molecule has 0 radical (unpaired) electrons. The number of hydrogen-bond acceptors (Lipinski definition) is 10. The van der Waals surface area contributed by atoms with Gasteiger partial charge < -0.3 is 15.1 Å². The number of amides is 4. The summed E-state index contributed by atoms with van der Waals surface area (Å²) < 4.78 is 86.1. The smallest absolute Gasteiger partial charge is 0.331 e. The van der Waals surface area contributed by atoms with Crippen molar-refractivity contribution in [3.63, 3.8) is 0 Å². The molecule has 1 aliphatic carbocycles. The molecule has 22 heteroatoms. The van der Waals surface area contributed by atoms with Gasteiger partial charge in [0.15, 0.2) is 10.8 Å². The number of carbonyl (C=O) groups is 4. The van der Waals surface area contributed by atoms with Crippen molar-refractivity contribution in [3.8, 4) is 6.07 Å². The van der Waals surface area contributed by atoms with E-state index in [-0.39, 0.29) is 67.0 Å². The lowest BCUT2D eigenvalue weighted by molar-refractivity contribution is -0.197. The zero-order valence-electron chi connectivity index (χ0n) is 34.7. The Morgan fingerprint density at radius 3 is 2.43 bits per heavy atom. The van der Waals surface area contributed by atoms with Gasteiger partial charge in [0.25, 0.3) is 5.91 Å². The van der Waals surface area contributed by atoms with Gasteiger partial charge in [0.05, 0.1) is 46.8 Å². The average Bonchev–Trinajstić information content (AvgIpc) is 3.63. The topological polar surface area (TPSA) is 160 Å². The first-order valence-electron chi connectivity index (χ1n) is 20.5. The lowest BCUT2D eigenvalue weighted by atomic mass is 9.82. The van der Waals surface area contributed by atoms with Gasteiger partial charge in [-0.25, -0.2) is 4.98 Å². The highest BCUT2D eigenvalue weighted by molar-refractivity contribution is 7.80. The third kappa shape index (κ3) is 9.64. The molecule has 4 amide bonds. The van der Waals surface area contributed by atoms with Gasteiger partial charge in [-0.05, 0) is 95.6 Å². The number of pyridine rings is 1. The van der Waals surface area contributed by atoms with E-state index in [1.165, 1.54) is 10.8 Å². The number of para-hydroxylation sites is 1. The molecule has 1 saturated carbocycles. The number of benzene rings is 1. The third-order valence-electron chi connectivity index (χ3n) is 12.6. The van der Waals surface area contributed by atoms with Crippen LogP contribution in [0.2, 0.25) is 0 Å². The van der Waals surface area contributed by atoms with E-state index in [9.17, 15) is 45.5 Å². The molecule has 0 spiro atoms. The minimum atomic E-state index is -4.87. The lowest BCUT2D eigenvalue weighted by Crippen LogP contribution is -2.60. The van der Waals surface area contributed by atoms with Crippen molar-refractivity contribution in [1.29, 1.82) is 5.26 Å². The monoisotopic (exact) mass is 924 g/mol. The van der Waals surface area contributed by atoms with Crippen molar-refractivity contribution < 1.29 is 45.5 Å². The van der Waals surface area contributed by atoms with Crippen molar-refractivity contribution in [3.05, 3.63) is 47.4 Å². The van der Waals surface area contributed by atoms with Gasteiger partial charge in [-0.15, -0.1) is 12.4 Å². The maximum Gasteiger partial charge on any atom is 0.419 e. The maximum atomic E-state index is 14.5. The number of piperazine rings is 1. The zero-order valence-corrected chi connectivity index (χ0v) is 36.3. The van der Waals surface area contributed by atoms with Crippen LogP contribution in [0.25, 0.3) is 10.9 Å². The van der Waals surface area contributed by atoms with E-state index < -0.39 is 65.4 Å². The number of thiocarbonyl (C=S) groups is 1. The van der Waals surface area contributed by atoms with Crippen molar-refractivity contribution in [2.75, 3.05) is 42.9 Å². The molecule has 7 rings (SSSR count). The molecule has 1 unspecified atom stereocenters. The molecule has 2 atom stereocenters. The largest absolute Gasteiger partial charge is 0.419 e. The highest BCUT2D eigenvalue weighted by atomic mass is 35.5. The minimum Gasteiger partial charge on any atom is -0.331 e. The van der Waals surface area contributed by atoms with Crippen LogP contribution < -0.4 is 15.5 Å². The molecule has 3 saturated heterocycles. The predicted octanol–water partition coefficient (Wildman–Crippen LogP) is 6.04. The lowest BCUT2D eigenvalue weighted by Gasteiger charge is -2.42. The van der Waals surface area contributed by atoms with Crippen LogP contribution in [0.15, 0.2) is 30.5 Å². The molecule has 2 N–H and O–H groups in total. The predicted molar refractivity (Wildman–Crippen MR) is 225 cm³/mol. The van der Waals surface area contributed by atoms with E-state index in [4.69, 9.17) is 17.5 Å². The van der Waals surface area contributed by atoms with Crippen LogP contribution >= 0.6 is 24.6 Å². The summed E-state index contributed by atoms with van der Waals surface area (Å²) in [6.07, 6.45) is -3.71. The number of nitrogens with zero attached hydrogens (tertiary/aromatic N) is 8. The molecule has 4 fully saturated rings. The van der Waals surface area contributed by atoms with E-state index in [1.54, 1.807) is 48.9 Å². The first kappa shape index (κ1) is 47.6. The summed E-state index contributed by atoms with van der Waals surface area (Å²) in [5.74, 6) is -2.35. The quantitative estimate of drug-likeness (QED) is 0.139. The van der Waals surface area contributed by atoms with Crippen LogP contribution in [0.1, 0.15) is 88.1 Å². The summed E-state index contributed by atoms with van der Waals surface area (Å²) in [5.41, 5.74) is -2.11. The number of rotatable bonds is 10. The second-order valence-electron chi connectivity index (χ2n) is 17.0. The number of piperidine rings is 1. The molecule has 14 nitrogen and oxygen atoms in total. The second kappa shape index (κ2) is 18.3.